The zero-order chi connectivity index (χ0) is 13.8. The fourth-order valence-corrected chi connectivity index (χ4v) is 2.14. The summed E-state index contributed by atoms with van der Waals surface area (Å²) in [5, 5.41) is 3.08. The van der Waals surface area contributed by atoms with Crippen LogP contribution in [-0.4, -0.2) is 11.5 Å². The number of benzene rings is 1. The molecule has 1 aromatic heterocycles. The lowest BCUT2D eigenvalue weighted by Crippen LogP contribution is -2.24. The first kappa shape index (κ1) is 13.9. The molecule has 0 spiro atoms. The maximum absolute atomic E-state index is 14.1. The third kappa shape index (κ3) is 2.91. The second-order valence-electron chi connectivity index (χ2n) is 4.03. The van der Waals surface area contributed by atoms with E-state index in [4.69, 9.17) is 11.6 Å². The van der Waals surface area contributed by atoms with E-state index in [0.717, 1.165) is 6.20 Å². The zero-order valence-electron chi connectivity index (χ0n) is 10.3. The Balaban J connectivity index is 2.52. The fourth-order valence-electron chi connectivity index (χ4n) is 1.96. The molecule has 100 valence electrons. The Morgan fingerprint density at radius 1 is 1.26 bits per heavy atom. The molecule has 19 heavy (non-hydrogen) atoms. The summed E-state index contributed by atoms with van der Waals surface area (Å²) in [4.78, 5) is 3.70. The summed E-state index contributed by atoms with van der Waals surface area (Å²) >= 11 is 5.78. The van der Waals surface area contributed by atoms with Gasteiger partial charge >= 0.3 is 0 Å². The molecule has 0 fully saturated rings. The van der Waals surface area contributed by atoms with Gasteiger partial charge in [-0.3, -0.25) is 4.98 Å². The van der Waals surface area contributed by atoms with Crippen LogP contribution in [0.1, 0.15) is 24.1 Å². The van der Waals surface area contributed by atoms with Crippen molar-refractivity contribution in [2.45, 2.75) is 13.0 Å². The predicted octanol–water partition coefficient (Wildman–Crippen LogP) is 3.71. The van der Waals surface area contributed by atoms with Gasteiger partial charge in [0.2, 0.25) is 0 Å². The van der Waals surface area contributed by atoms with Crippen molar-refractivity contribution in [1.29, 1.82) is 0 Å². The monoisotopic (exact) mass is 282 g/mol. The highest BCUT2D eigenvalue weighted by Gasteiger charge is 2.21. The van der Waals surface area contributed by atoms with Crippen LogP contribution in [0, 0.1) is 11.6 Å². The molecule has 2 aromatic rings. The largest absolute Gasteiger partial charge is 0.306 e. The number of aromatic nitrogens is 1. The van der Waals surface area contributed by atoms with Gasteiger partial charge < -0.3 is 5.32 Å². The summed E-state index contributed by atoms with van der Waals surface area (Å²) in [5.41, 5.74) is 0.664. The molecule has 1 aromatic carbocycles. The smallest absolute Gasteiger partial charge is 0.146 e. The minimum absolute atomic E-state index is 0.0230. The number of nitrogens with one attached hydrogen (secondary N) is 1. The van der Waals surface area contributed by atoms with Crippen LogP contribution in [0.4, 0.5) is 8.78 Å². The van der Waals surface area contributed by atoms with Crippen molar-refractivity contribution in [3.63, 3.8) is 0 Å². The van der Waals surface area contributed by atoms with Gasteiger partial charge in [-0.2, -0.15) is 0 Å². The Bertz CT molecular complexity index is 575. The number of hydrogen-bond acceptors (Lipinski definition) is 2. The van der Waals surface area contributed by atoms with Gasteiger partial charge in [-0.05, 0) is 18.7 Å². The van der Waals surface area contributed by atoms with E-state index in [9.17, 15) is 8.78 Å². The second kappa shape index (κ2) is 6.08. The Morgan fingerprint density at radius 2 is 2.05 bits per heavy atom. The van der Waals surface area contributed by atoms with E-state index >= 15 is 0 Å². The Labute approximate surface area is 115 Å². The second-order valence-corrected chi connectivity index (χ2v) is 4.44. The van der Waals surface area contributed by atoms with Gasteiger partial charge in [0, 0.05) is 17.3 Å². The van der Waals surface area contributed by atoms with Crippen LogP contribution in [0.3, 0.4) is 0 Å². The zero-order valence-corrected chi connectivity index (χ0v) is 11.1. The molecule has 1 N–H and O–H groups in total. The van der Waals surface area contributed by atoms with Crippen molar-refractivity contribution in [1.82, 2.24) is 10.3 Å². The van der Waals surface area contributed by atoms with Crippen LogP contribution in [0.2, 0.25) is 5.02 Å². The molecular weight excluding hydrogens is 270 g/mol. The molecule has 0 saturated heterocycles. The van der Waals surface area contributed by atoms with Crippen LogP contribution in [0.15, 0.2) is 36.7 Å². The lowest BCUT2D eigenvalue weighted by atomic mass is 9.98. The van der Waals surface area contributed by atoms with Gasteiger partial charge in [0.15, 0.2) is 0 Å². The van der Waals surface area contributed by atoms with Gasteiger partial charge in [0.25, 0.3) is 0 Å². The molecule has 0 bridgehead atoms. The number of halogens is 3. The first-order valence-corrected chi connectivity index (χ1v) is 6.29. The number of nitrogens with zero attached hydrogens (tertiary/aromatic N) is 1. The summed E-state index contributed by atoms with van der Waals surface area (Å²) in [5.74, 6) is -1.01. The number of hydrogen-bond donors (Lipinski definition) is 1. The van der Waals surface area contributed by atoms with Crippen molar-refractivity contribution >= 4 is 11.6 Å². The Kier molecular flexibility index (Phi) is 4.45. The molecule has 2 nitrogen and oxygen atoms in total. The maximum Gasteiger partial charge on any atom is 0.146 e. The highest BCUT2D eigenvalue weighted by Crippen LogP contribution is 2.29. The van der Waals surface area contributed by atoms with Crippen molar-refractivity contribution < 1.29 is 8.78 Å². The van der Waals surface area contributed by atoms with E-state index in [2.05, 4.69) is 10.3 Å². The van der Waals surface area contributed by atoms with E-state index < -0.39 is 17.7 Å². The first-order valence-electron chi connectivity index (χ1n) is 5.91. The molecule has 1 heterocycles. The molecule has 0 aliphatic carbocycles. The van der Waals surface area contributed by atoms with Gasteiger partial charge in [0.1, 0.15) is 11.6 Å². The van der Waals surface area contributed by atoms with E-state index in [1.165, 1.54) is 18.3 Å². The minimum atomic E-state index is -0.591. The fraction of sp³-hybridized carbons (Fsp3) is 0.214. The van der Waals surface area contributed by atoms with Gasteiger partial charge in [-0.15, -0.1) is 0 Å². The standard InChI is InChI=1S/C14H13ClF2N2/c1-2-19-14(9-6-7-18-8-12(9)16)10-4-3-5-11(15)13(10)17/h3-8,14,19H,2H2,1H3. The van der Waals surface area contributed by atoms with Crippen molar-refractivity contribution in [2.75, 3.05) is 6.54 Å². The number of pyridine rings is 1. The third-order valence-electron chi connectivity index (χ3n) is 2.82. The molecule has 0 amide bonds. The highest BCUT2D eigenvalue weighted by molar-refractivity contribution is 6.30. The Hall–Kier alpha value is -1.52. The van der Waals surface area contributed by atoms with Gasteiger partial charge in [0.05, 0.1) is 17.3 Å². The van der Waals surface area contributed by atoms with Crippen LogP contribution < -0.4 is 5.32 Å². The SMILES string of the molecule is CCNC(c1ccncc1F)c1cccc(Cl)c1F. The van der Waals surface area contributed by atoms with E-state index in [-0.39, 0.29) is 5.02 Å². The molecule has 2 rings (SSSR count). The summed E-state index contributed by atoms with van der Waals surface area (Å²) < 4.78 is 27.9. The lowest BCUT2D eigenvalue weighted by Gasteiger charge is -2.20. The summed E-state index contributed by atoms with van der Waals surface area (Å²) in [7, 11) is 0. The van der Waals surface area contributed by atoms with E-state index in [1.54, 1.807) is 12.1 Å². The average Bonchev–Trinajstić information content (AvgIpc) is 2.41. The first-order chi connectivity index (χ1) is 9.15. The lowest BCUT2D eigenvalue weighted by molar-refractivity contribution is 0.528. The van der Waals surface area contributed by atoms with Crippen LogP contribution in [0.5, 0.6) is 0 Å². The summed E-state index contributed by atoms with van der Waals surface area (Å²) in [6.45, 7) is 2.44. The predicted molar refractivity (Wildman–Crippen MR) is 71.1 cm³/mol. The average molecular weight is 283 g/mol. The van der Waals surface area contributed by atoms with Crippen LogP contribution in [-0.2, 0) is 0 Å². The molecule has 1 unspecified atom stereocenters. The summed E-state index contributed by atoms with van der Waals surface area (Å²) in [6, 6.07) is 5.64. The third-order valence-corrected chi connectivity index (χ3v) is 3.11. The van der Waals surface area contributed by atoms with Gasteiger partial charge in [-0.1, -0.05) is 30.7 Å². The van der Waals surface area contributed by atoms with E-state index in [0.29, 0.717) is 17.7 Å². The van der Waals surface area contributed by atoms with Crippen molar-refractivity contribution in [3.05, 3.63) is 64.4 Å². The molecule has 0 radical (unpaired) electrons. The van der Waals surface area contributed by atoms with Crippen LogP contribution >= 0.6 is 11.6 Å². The Morgan fingerprint density at radius 3 is 2.74 bits per heavy atom. The highest BCUT2D eigenvalue weighted by atomic mass is 35.5. The maximum atomic E-state index is 14.1. The quantitative estimate of drug-likeness (QED) is 0.925. The minimum Gasteiger partial charge on any atom is -0.306 e. The molecule has 1 atom stereocenters. The molecule has 5 heteroatoms. The van der Waals surface area contributed by atoms with Crippen LogP contribution in [0.25, 0.3) is 0 Å². The number of rotatable bonds is 4. The summed E-state index contributed by atoms with van der Waals surface area (Å²) in [6.07, 6.45) is 2.59. The normalized spacial score (nSPS) is 12.4. The molecule has 0 saturated carbocycles. The molecular formula is C14H13ClF2N2. The molecule has 0 aliphatic heterocycles. The van der Waals surface area contributed by atoms with Crippen molar-refractivity contribution in [2.24, 2.45) is 0 Å². The van der Waals surface area contributed by atoms with Gasteiger partial charge in [-0.25, -0.2) is 8.78 Å². The van der Waals surface area contributed by atoms with Crippen molar-refractivity contribution in [3.8, 4) is 0 Å². The topological polar surface area (TPSA) is 24.9 Å². The van der Waals surface area contributed by atoms with E-state index in [1.807, 2.05) is 6.92 Å². The molecule has 0 aliphatic rings.